The van der Waals surface area contributed by atoms with Crippen LogP contribution in [0, 0.1) is 0 Å². The molecule has 0 aromatic heterocycles. The maximum absolute atomic E-state index is 12.5. The molecular formula is C15H9F7O5S. The molecule has 5 nitrogen and oxygen atoms in total. The molecule has 0 amide bonds. The van der Waals surface area contributed by atoms with Crippen LogP contribution < -0.4 is 4.18 Å². The van der Waals surface area contributed by atoms with Crippen LogP contribution >= 0.6 is 0 Å². The van der Waals surface area contributed by atoms with Crippen molar-refractivity contribution in [3.05, 3.63) is 42.0 Å². The number of carbonyl (C=O) groups excluding carboxylic acids is 1. The molecule has 0 heterocycles. The van der Waals surface area contributed by atoms with E-state index in [4.69, 9.17) is 0 Å². The molecule has 0 N–H and O–H groups in total. The second-order valence-electron chi connectivity index (χ2n) is 5.31. The smallest absolute Gasteiger partial charge is 0.434 e. The molecule has 13 heteroatoms. The van der Waals surface area contributed by atoms with Gasteiger partial charge in [0, 0.05) is 0 Å². The summed E-state index contributed by atoms with van der Waals surface area (Å²) in [6.07, 6.45) is -16.1. The van der Waals surface area contributed by atoms with Gasteiger partial charge in [0.05, 0.1) is 5.56 Å². The summed E-state index contributed by atoms with van der Waals surface area (Å²) in [4.78, 5) is 11.9. The van der Waals surface area contributed by atoms with Crippen LogP contribution in [0.3, 0.4) is 0 Å². The molecule has 0 unspecified atom stereocenters. The first-order valence-electron chi connectivity index (χ1n) is 7.10. The Morgan fingerprint density at radius 3 is 2.14 bits per heavy atom. The van der Waals surface area contributed by atoms with E-state index in [2.05, 4.69) is 8.92 Å². The number of hydrogen-bond donors (Lipinski definition) is 0. The highest BCUT2D eigenvalue weighted by Crippen LogP contribution is 2.36. The van der Waals surface area contributed by atoms with Crippen molar-refractivity contribution in [2.24, 2.45) is 0 Å². The summed E-state index contributed by atoms with van der Waals surface area (Å²) in [7, 11) is -4.52. The fourth-order valence-electron chi connectivity index (χ4n) is 2.15. The SMILES string of the molecule is O=C(OC(C(F)(F)F)C(F)(F)F)c1cccc2cc(OS(=O)(=O)CF)ccc12. The molecule has 0 saturated carbocycles. The number of benzene rings is 2. The summed E-state index contributed by atoms with van der Waals surface area (Å²) in [6.45, 7) is 0. The number of esters is 1. The van der Waals surface area contributed by atoms with Gasteiger partial charge >= 0.3 is 28.4 Å². The van der Waals surface area contributed by atoms with Crippen molar-refractivity contribution in [1.82, 2.24) is 0 Å². The number of alkyl halides is 7. The van der Waals surface area contributed by atoms with E-state index in [9.17, 15) is 43.9 Å². The average Bonchev–Trinajstić information content (AvgIpc) is 2.56. The zero-order valence-electron chi connectivity index (χ0n) is 13.3. The molecule has 2 rings (SSSR count). The molecule has 28 heavy (non-hydrogen) atoms. The van der Waals surface area contributed by atoms with Crippen molar-refractivity contribution in [2.45, 2.75) is 18.5 Å². The summed E-state index contributed by atoms with van der Waals surface area (Å²) in [5, 5.41) is -0.114. The molecule has 0 spiro atoms. The quantitative estimate of drug-likeness (QED) is 0.402. The van der Waals surface area contributed by atoms with Crippen molar-refractivity contribution in [3.8, 4) is 5.75 Å². The predicted molar refractivity (Wildman–Crippen MR) is 80.8 cm³/mol. The van der Waals surface area contributed by atoms with E-state index in [0.29, 0.717) is 0 Å². The predicted octanol–water partition coefficient (Wildman–Crippen LogP) is 4.13. The first-order chi connectivity index (χ1) is 12.7. The largest absolute Gasteiger partial charge is 0.439 e. The molecule has 0 atom stereocenters. The molecule has 0 radical (unpaired) electrons. The molecule has 154 valence electrons. The van der Waals surface area contributed by atoms with Crippen molar-refractivity contribution >= 4 is 26.9 Å². The van der Waals surface area contributed by atoms with Gasteiger partial charge in [-0.15, -0.1) is 0 Å². The lowest BCUT2D eigenvalue weighted by atomic mass is 10.0. The Labute approximate surface area is 152 Å². The van der Waals surface area contributed by atoms with Gasteiger partial charge in [0.25, 0.3) is 6.10 Å². The standard InChI is InChI=1S/C15H9F7O5S/c16-7-28(24,25)27-9-4-5-10-8(6-9)2-1-3-11(10)12(23)26-13(14(17,18)19)15(20,21)22/h1-6,13H,7H2. The lowest BCUT2D eigenvalue weighted by Gasteiger charge is -2.23. The van der Waals surface area contributed by atoms with E-state index in [1.165, 1.54) is 6.07 Å². The Hall–Kier alpha value is -2.57. The second-order valence-corrected chi connectivity index (χ2v) is 6.81. The summed E-state index contributed by atoms with van der Waals surface area (Å²) >= 11 is 0. The molecular weight excluding hydrogens is 425 g/mol. The van der Waals surface area contributed by atoms with Crippen LogP contribution in [-0.4, -0.2) is 38.9 Å². The van der Waals surface area contributed by atoms with Gasteiger partial charge in [-0.1, -0.05) is 12.1 Å². The van der Waals surface area contributed by atoms with Gasteiger partial charge in [-0.3, -0.25) is 0 Å². The summed E-state index contributed by atoms with van der Waals surface area (Å²) < 4.78 is 118. The van der Waals surface area contributed by atoms with E-state index in [0.717, 1.165) is 30.3 Å². The number of halogens is 7. The third-order valence-corrected chi connectivity index (χ3v) is 3.96. The summed E-state index contributed by atoms with van der Waals surface area (Å²) in [5.74, 6) is -2.27. The lowest BCUT2D eigenvalue weighted by Crippen LogP contribution is -2.45. The number of hydrogen-bond acceptors (Lipinski definition) is 5. The Bertz CT molecular complexity index is 968. The molecule has 0 aliphatic carbocycles. The van der Waals surface area contributed by atoms with E-state index in [1.807, 2.05) is 0 Å². The molecule has 0 fully saturated rings. The molecule has 2 aromatic rings. The number of carbonyl (C=O) groups is 1. The average molecular weight is 434 g/mol. The highest BCUT2D eigenvalue weighted by molar-refractivity contribution is 7.86. The van der Waals surface area contributed by atoms with Gasteiger partial charge < -0.3 is 8.92 Å². The number of rotatable bonds is 5. The normalized spacial score (nSPS) is 13.0. The number of fused-ring (bicyclic) bond motifs is 1. The lowest BCUT2D eigenvalue weighted by molar-refractivity contribution is -0.307. The van der Waals surface area contributed by atoms with Crippen LogP contribution in [-0.2, 0) is 14.9 Å². The topological polar surface area (TPSA) is 69.7 Å². The molecule has 0 aliphatic rings. The highest BCUT2D eigenvalue weighted by Gasteiger charge is 2.60. The zero-order chi connectivity index (χ0) is 21.3. The summed E-state index contributed by atoms with van der Waals surface area (Å²) in [5.41, 5.74) is -0.629. The van der Waals surface area contributed by atoms with Crippen molar-refractivity contribution in [1.29, 1.82) is 0 Å². The monoisotopic (exact) mass is 434 g/mol. The van der Waals surface area contributed by atoms with Crippen LogP contribution in [0.15, 0.2) is 36.4 Å². The first-order valence-corrected chi connectivity index (χ1v) is 8.67. The first kappa shape index (κ1) is 21.7. The fourth-order valence-corrected chi connectivity index (χ4v) is 2.59. The van der Waals surface area contributed by atoms with Gasteiger partial charge in [0.2, 0.25) is 6.01 Å². The minimum absolute atomic E-state index is 0.0246. The van der Waals surface area contributed by atoms with Crippen molar-refractivity contribution < 1.29 is 52.9 Å². The van der Waals surface area contributed by atoms with E-state index >= 15 is 0 Å². The van der Waals surface area contributed by atoms with E-state index < -0.39 is 46.1 Å². The second kappa shape index (κ2) is 7.45. The minimum atomic E-state index is -5.87. The maximum atomic E-state index is 12.5. The van der Waals surface area contributed by atoms with Gasteiger partial charge in [-0.2, -0.15) is 34.8 Å². The molecule has 0 saturated heterocycles. The maximum Gasteiger partial charge on any atom is 0.434 e. The van der Waals surface area contributed by atoms with Gasteiger partial charge in [-0.05, 0) is 35.0 Å². The van der Waals surface area contributed by atoms with E-state index in [1.54, 1.807) is 0 Å². The summed E-state index contributed by atoms with van der Waals surface area (Å²) in [6, 6.07) is 4.43. The fraction of sp³-hybridized carbons (Fsp3) is 0.267. The van der Waals surface area contributed by atoms with Crippen molar-refractivity contribution in [3.63, 3.8) is 0 Å². The van der Waals surface area contributed by atoms with E-state index in [-0.39, 0.29) is 16.5 Å². The van der Waals surface area contributed by atoms with Crippen molar-refractivity contribution in [2.75, 3.05) is 6.01 Å². The third kappa shape index (κ3) is 5.03. The third-order valence-electron chi connectivity index (χ3n) is 3.25. The van der Waals surface area contributed by atoms with Crippen LogP contribution in [0.1, 0.15) is 10.4 Å². The molecule has 0 bridgehead atoms. The Kier molecular flexibility index (Phi) is 5.78. The van der Waals surface area contributed by atoms with Crippen LogP contribution in [0.25, 0.3) is 10.8 Å². The minimum Gasteiger partial charge on any atom is -0.439 e. The molecule has 0 aliphatic heterocycles. The Morgan fingerprint density at radius 2 is 1.61 bits per heavy atom. The highest BCUT2D eigenvalue weighted by atomic mass is 32.2. The zero-order valence-corrected chi connectivity index (χ0v) is 14.2. The van der Waals surface area contributed by atoms with Crippen LogP contribution in [0.4, 0.5) is 30.7 Å². The Balaban J connectivity index is 2.40. The van der Waals surface area contributed by atoms with Crippen LogP contribution in [0.5, 0.6) is 5.75 Å². The number of ether oxygens (including phenoxy) is 1. The Morgan fingerprint density at radius 1 is 1.00 bits per heavy atom. The molecule has 2 aromatic carbocycles. The van der Waals surface area contributed by atoms with Crippen LogP contribution in [0.2, 0.25) is 0 Å². The van der Waals surface area contributed by atoms with Gasteiger partial charge in [0.15, 0.2) is 0 Å². The van der Waals surface area contributed by atoms with Gasteiger partial charge in [-0.25, -0.2) is 9.18 Å². The van der Waals surface area contributed by atoms with Gasteiger partial charge in [0.1, 0.15) is 5.75 Å².